The maximum absolute atomic E-state index is 13.2. The Labute approximate surface area is 293 Å². The van der Waals surface area contributed by atoms with Crippen LogP contribution in [0.5, 0.6) is 0 Å². The maximum Gasteiger partial charge on any atom is 0.315 e. The van der Waals surface area contributed by atoms with Crippen molar-refractivity contribution in [1.29, 1.82) is 0 Å². The number of amides is 4. The number of nitrogens with zero attached hydrogens (tertiary/aromatic N) is 1. The van der Waals surface area contributed by atoms with E-state index < -0.39 is 46.3 Å². The number of benzene rings is 1. The van der Waals surface area contributed by atoms with Crippen LogP contribution in [0.15, 0.2) is 30.3 Å². The Hall–Kier alpha value is -2.78. The first-order valence-electron chi connectivity index (χ1n) is 18.0. The normalized spacial score (nSPS) is 16.4. The highest BCUT2D eigenvalue weighted by atomic mass is 32.2. The zero-order valence-electron chi connectivity index (χ0n) is 29.8. The molecule has 49 heavy (non-hydrogen) atoms. The van der Waals surface area contributed by atoms with Crippen molar-refractivity contribution in [2.45, 2.75) is 115 Å². The highest BCUT2D eigenvalue weighted by Crippen LogP contribution is 2.28. The fourth-order valence-corrected chi connectivity index (χ4v) is 7.21. The third kappa shape index (κ3) is 19.3. The Morgan fingerprint density at radius 1 is 0.939 bits per heavy atom. The lowest BCUT2D eigenvalue weighted by Crippen LogP contribution is -2.52. The monoisotopic (exact) mass is 710 g/mol. The van der Waals surface area contributed by atoms with Gasteiger partial charge in [0.05, 0.1) is 24.0 Å². The van der Waals surface area contributed by atoms with Crippen LogP contribution in [0, 0.1) is 5.92 Å². The Morgan fingerprint density at radius 3 is 2.33 bits per heavy atom. The number of nitrogens with one attached hydrogen (secondary N) is 5. The van der Waals surface area contributed by atoms with Gasteiger partial charge < -0.3 is 36.4 Å². The molecular weight excluding hydrogens is 648 g/mol. The topological polar surface area (TPSA) is 189 Å². The van der Waals surface area contributed by atoms with Gasteiger partial charge in [0.15, 0.2) is 0 Å². The molecule has 0 unspecified atom stereocenters. The molecular formula is C35H62N6O7S. The van der Waals surface area contributed by atoms with E-state index in [0.29, 0.717) is 25.3 Å². The predicted molar refractivity (Wildman–Crippen MR) is 192 cm³/mol. The van der Waals surface area contributed by atoms with E-state index in [1.807, 2.05) is 44.4 Å². The van der Waals surface area contributed by atoms with Gasteiger partial charge in [0.25, 0.3) is 0 Å². The molecule has 0 radical (unpaired) electrons. The van der Waals surface area contributed by atoms with Gasteiger partial charge >= 0.3 is 6.03 Å². The van der Waals surface area contributed by atoms with Crippen LogP contribution in [0.1, 0.15) is 89.5 Å². The van der Waals surface area contributed by atoms with E-state index in [1.54, 1.807) is 6.92 Å². The number of unbranched alkanes of at least 4 members (excludes halogenated alkanes) is 2. The molecule has 4 amide bonds. The third-order valence-electron chi connectivity index (χ3n) is 8.77. The summed E-state index contributed by atoms with van der Waals surface area (Å²) in [6.07, 6.45) is 7.08. The average Bonchev–Trinajstić information content (AvgIpc) is 3.05. The van der Waals surface area contributed by atoms with Crippen LogP contribution < -0.4 is 26.0 Å². The highest BCUT2D eigenvalue weighted by molar-refractivity contribution is 7.89. The molecule has 0 bridgehead atoms. The number of hydrogen-bond acceptors (Lipinski definition) is 8. The summed E-state index contributed by atoms with van der Waals surface area (Å²) in [7, 11) is 0.542. The number of aliphatic hydroxyl groups is 2. The number of hydrogen-bond donors (Lipinski definition) is 7. The summed E-state index contributed by atoms with van der Waals surface area (Å²) in [6.45, 7) is 3.04. The number of carbonyl (C=O) groups is 3. The van der Waals surface area contributed by atoms with Crippen LogP contribution in [0.3, 0.4) is 0 Å². The summed E-state index contributed by atoms with van der Waals surface area (Å²) < 4.78 is 26.4. The number of urea groups is 1. The summed E-state index contributed by atoms with van der Waals surface area (Å²) in [5.41, 5.74) is 0.879. The number of rotatable bonds is 24. The van der Waals surface area contributed by atoms with Gasteiger partial charge in [-0.2, -0.15) is 0 Å². The second kappa shape index (κ2) is 23.6. The Morgan fingerprint density at radius 2 is 1.65 bits per heavy atom. The minimum atomic E-state index is -3.51. The van der Waals surface area contributed by atoms with E-state index in [9.17, 15) is 33.0 Å². The summed E-state index contributed by atoms with van der Waals surface area (Å²) in [6, 6.07) is 7.46. The SMILES string of the molecule is CCCS(=O)(=O)NC[C@@H](O)C[C@H](O)[C@H](CC1CCCCC1)NC(=O)CCNC(=O)[C@H](Cc1ccccc1)NC(=O)NCCCCCN(C)C. The van der Waals surface area contributed by atoms with E-state index in [4.69, 9.17) is 0 Å². The maximum atomic E-state index is 13.2. The molecule has 1 fully saturated rings. The van der Waals surface area contributed by atoms with Gasteiger partial charge in [-0.05, 0) is 57.8 Å². The number of sulfonamides is 1. The van der Waals surface area contributed by atoms with Crippen molar-refractivity contribution in [2.75, 3.05) is 46.0 Å². The molecule has 1 aromatic rings. The number of carbonyl (C=O) groups excluding carboxylic acids is 3. The van der Waals surface area contributed by atoms with Crippen LogP contribution in [0.25, 0.3) is 0 Å². The third-order valence-corrected chi connectivity index (χ3v) is 10.3. The zero-order chi connectivity index (χ0) is 36.1. The molecule has 0 spiro atoms. The molecule has 4 atom stereocenters. The lowest BCUT2D eigenvalue weighted by atomic mass is 9.83. The molecule has 1 aromatic carbocycles. The van der Waals surface area contributed by atoms with Crippen LogP contribution in [-0.4, -0.2) is 112 Å². The predicted octanol–water partition coefficient (Wildman–Crippen LogP) is 2.03. The molecule has 0 saturated heterocycles. The van der Waals surface area contributed by atoms with Crippen molar-refractivity contribution in [3.63, 3.8) is 0 Å². The standard InChI is InChI=1S/C35H62N6O7S/c1-4-22-49(47,48)38-26-29(42)25-32(43)30(23-27-14-8-5-9-15-27)39-33(44)18-20-36-34(45)31(24-28-16-10-6-11-17-28)40-35(46)37-19-12-7-13-21-41(2)3/h6,10-11,16-17,27,29-32,38,42-43H,4-5,7-9,12-15,18-26H2,1-3H3,(H,36,45)(H,39,44)(H2,37,40,46)/t29-,30-,31-,32-/m0/s1. The van der Waals surface area contributed by atoms with Gasteiger partial charge in [-0.15, -0.1) is 0 Å². The van der Waals surface area contributed by atoms with E-state index in [2.05, 4.69) is 30.9 Å². The first-order valence-corrected chi connectivity index (χ1v) is 19.7. The molecule has 0 aliphatic heterocycles. The summed E-state index contributed by atoms with van der Waals surface area (Å²) in [4.78, 5) is 41.1. The van der Waals surface area contributed by atoms with Crippen LogP contribution in [0.2, 0.25) is 0 Å². The van der Waals surface area contributed by atoms with Crippen molar-refractivity contribution >= 4 is 27.9 Å². The van der Waals surface area contributed by atoms with Crippen LogP contribution in [-0.2, 0) is 26.0 Å². The minimum absolute atomic E-state index is 0.0270. The molecule has 2 rings (SSSR count). The lowest BCUT2D eigenvalue weighted by molar-refractivity contribution is -0.124. The lowest BCUT2D eigenvalue weighted by Gasteiger charge is -2.31. The Kier molecular flexibility index (Phi) is 20.4. The average molecular weight is 711 g/mol. The molecule has 13 nitrogen and oxygen atoms in total. The minimum Gasteiger partial charge on any atom is -0.392 e. The fraction of sp³-hybridized carbons (Fsp3) is 0.743. The van der Waals surface area contributed by atoms with Gasteiger partial charge in [-0.3, -0.25) is 9.59 Å². The van der Waals surface area contributed by atoms with E-state index in [-0.39, 0.29) is 44.0 Å². The Balaban J connectivity index is 1.92. The fourth-order valence-electron chi connectivity index (χ4n) is 6.09. The quantitative estimate of drug-likeness (QED) is 0.0794. The second-order valence-electron chi connectivity index (χ2n) is 13.6. The van der Waals surface area contributed by atoms with Gasteiger partial charge in [-0.1, -0.05) is 75.8 Å². The molecule has 7 N–H and O–H groups in total. The molecule has 14 heteroatoms. The van der Waals surface area contributed by atoms with Crippen molar-refractivity contribution in [1.82, 2.24) is 30.9 Å². The first kappa shape index (κ1) is 42.4. The van der Waals surface area contributed by atoms with Crippen LogP contribution in [0.4, 0.5) is 4.79 Å². The first-order chi connectivity index (χ1) is 23.4. The molecule has 0 aromatic heterocycles. The van der Waals surface area contributed by atoms with Gasteiger partial charge in [-0.25, -0.2) is 17.9 Å². The molecule has 0 heterocycles. The molecule has 1 saturated carbocycles. The highest BCUT2D eigenvalue weighted by Gasteiger charge is 2.28. The smallest absolute Gasteiger partial charge is 0.315 e. The largest absolute Gasteiger partial charge is 0.392 e. The van der Waals surface area contributed by atoms with Crippen molar-refractivity contribution in [3.05, 3.63) is 35.9 Å². The van der Waals surface area contributed by atoms with Crippen LogP contribution >= 0.6 is 0 Å². The Bertz CT molecular complexity index is 1200. The molecule has 1 aliphatic rings. The van der Waals surface area contributed by atoms with Crippen molar-refractivity contribution < 1.29 is 33.0 Å². The summed E-state index contributed by atoms with van der Waals surface area (Å²) in [5.74, 6) is -0.502. The van der Waals surface area contributed by atoms with Gasteiger partial charge in [0, 0.05) is 38.9 Å². The molecule has 280 valence electrons. The second-order valence-corrected chi connectivity index (χ2v) is 15.5. The number of aliphatic hydroxyl groups excluding tert-OH is 2. The summed E-state index contributed by atoms with van der Waals surface area (Å²) >= 11 is 0. The van der Waals surface area contributed by atoms with E-state index in [1.165, 1.54) is 0 Å². The molecule has 1 aliphatic carbocycles. The van der Waals surface area contributed by atoms with E-state index in [0.717, 1.165) is 63.5 Å². The van der Waals surface area contributed by atoms with Gasteiger partial charge in [0.2, 0.25) is 21.8 Å². The van der Waals surface area contributed by atoms with E-state index >= 15 is 0 Å². The zero-order valence-corrected chi connectivity index (χ0v) is 30.6. The van der Waals surface area contributed by atoms with Gasteiger partial charge in [0.1, 0.15) is 6.04 Å². The van der Waals surface area contributed by atoms with Crippen molar-refractivity contribution in [2.24, 2.45) is 5.92 Å². The summed E-state index contributed by atoms with van der Waals surface area (Å²) in [5, 5.41) is 32.8. The van der Waals surface area contributed by atoms with Crippen molar-refractivity contribution in [3.8, 4) is 0 Å².